The van der Waals surface area contributed by atoms with Gasteiger partial charge in [-0.05, 0) is 29.5 Å². The first-order valence-electron chi connectivity index (χ1n) is 6.63. The summed E-state index contributed by atoms with van der Waals surface area (Å²) in [6.07, 6.45) is 1.09. The number of aromatic nitrogens is 3. The summed E-state index contributed by atoms with van der Waals surface area (Å²) in [5, 5.41) is 21.6. The number of benzene rings is 1. The lowest BCUT2D eigenvalue weighted by atomic mass is 10.2. The first kappa shape index (κ1) is 17.3. The van der Waals surface area contributed by atoms with Gasteiger partial charge < -0.3 is 9.73 Å². The zero-order valence-electron chi connectivity index (χ0n) is 12.2. The minimum atomic E-state index is -0.572. The lowest BCUT2D eigenvalue weighted by Gasteiger charge is -1.98. The molecule has 0 saturated heterocycles. The molecule has 0 unspecified atom stereocenters. The average molecular weight is 398 g/mol. The van der Waals surface area contributed by atoms with Crippen LogP contribution < -0.4 is 5.32 Å². The van der Waals surface area contributed by atoms with E-state index >= 15 is 0 Å². The topological polar surface area (TPSA) is 124 Å². The number of hydrogen-bond donors (Lipinski definition) is 1. The van der Waals surface area contributed by atoms with E-state index in [4.69, 9.17) is 16.0 Å². The molecule has 0 spiro atoms. The second-order valence-electron chi connectivity index (χ2n) is 4.48. The van der Waals surface area contributed by atoms with Crippen LogP contribution in [0.1, 0.15) is 0 Å². The molecule has 0 saturated carbocycles. The van der Waals surface area contributed by atoms with E-state index in [1.807, 2.05) is 0 Å². The summed E-state index contributed by atoms with van der Waals surface area (Å²) in [6, 6.07) is 6.95. The van der Waals surface area contributed by atoms with Crippen molar-refractivity contribution in [2.24, 2.45) is 0 Å². The Morgan fingerprint density at radius 2 is 2.28 bits per heavy atom. The van der Waals surface area contributed by atoms with Gasteiger partial charge in [-0.15, -0.1) is 10.2 Å². The number of nitrogens with zero attached hydrogens (tertiary/aromatic N) is 4. The number of halogens is 1. The van der Waals surface area contributed by atoms with Gasteiger partial charge in [-0.1, -0.05) is 29.4 Å². The van der Waals surface area contributed by atoms with Crippen LogP contribution in [0.25, 0.3) is 11.5 Å². The minimum Gasteiger partial charge on any atom is -0.411 e. The van der Waals surface area contributed by atoms with Gasteiger partial charge in [-0.25, -0.2) is 4.98 Å². The van der Waals surface area contributed by atoms with Gasteiger partial charge >= 0.3 is 5.00 Å². The molecule has 12 heteroatoms. The van der Waals surface area contributed by atoms with Crippen LogP contribution in [0.2, 0.25) is 5.02 Å². The second kappa shape index (κ2) is 7.59. The Hall–Kier alpha value is -2.50. The highest BCUT2D eigenvalue weighted by atomic mass is 35.5. The van der Waals surface area contributed by atoms with Crippen LogP contribution in [-0.2, 0) is 4.79 Å². The zero-order valence-corrected chi connectivity index (χ0v) is 14.6. The van der Waals surface area contributed by atoms with Crippen molar-refractivity contribution in [1.82, 2.24) is 15.2 Å². The molecule has 0 fully saturated rings. The average Bonchev–Trinajstić information content (AvgIpc) is 3.22. The van der Waals surface area contributed by atoms with Crippen molar-refractivity contribution in [3.8, 4) is 11.5 Å². The third kappa shape index (κ3) is 4.53. The quantitative estimate of drug-likeness (QED) is 0.380. The van der Waals surface area contributed by atoms with Crippen molar-refractivity contribution >= 4 is 50.7 Å². The van der Waals surface area contributed by atoms with Crippen LogP contribution in [-0.4, -0.2) is 31.8 Å². The monoisotopic (exact) mass is 397 g/mol. The maximum absolute atomic E-state index is 11.8. The highest BCUT2D eigenvalue weighted by molar-refractivity contribution is 7.99. The summed E-state index contributed by atoms with van der Waals surface area (Å²) in [4.78, 5) is 25.6. The first-order valence-corrected chi connectivity index (χ1v) is 8.81. The van der Waals surface area contributed by atoms with Crippen molar-refractivity contribution in [3.05, 3.63) is 45.6 Å². The fraction of sp³-hybridized carbons (Fsp3) is 0.0769. The molecule has 128 valence electrons. The van der Waals surface area contributed by atoms with E-state index < -0.39 is 10.8 Å². The molecule has 1 aromatic carbocycles. The highest BCUT2D eigenvalue weighted by Crippen LogP contribution is 2.27. The molecule has 0 aliphatic carbocycles. The molecule has 0 aliphatic rings. The van der Waals surface area contributed by atoms with E-state index in [1.165, 1.54) is 0 Å². The van der Waals surface area contributed by atoms with E-state index in [2.05, 4.69) is 20.5 Å². The highest BCUT2D eigenvalue weighted by Gasteiger charge is 2.15. The van der Waals surface area contributed by atoms with Crippen LogP contribution in [0.5, 0.6) is 0 Å². The van der Waals surface area contributed by atoms with Gasteiger partial charge in [0.2, 0.25) is 11.8 Å². The molecule has 2 aromatic heterocycles. The molecule has 2 heterocycles. The Labute approximate surface area is 153 Å². The molecule has 3 aromatic rings. The van der Waals surface area contributed by atoms with Gasteiger partial charge in [0.25, 0.3) is 5.22 Å². The van der Waals surface area contributed by atoms with Crippen molar-refractivity contribution in [3.63, 3.8) is 0 Å². The molecule has 0 radical (unpaired) electrons. The summed E-state index contributed by atoms with van der Waals surface area (Å²) in [5.41, 5.74) is 0.673. The standard InChI is InChI=1S/C13H8ClN5O4S2/c14-8-3-1-2-7(4-8)11-17-18-13(23-11)24-6-9(20)16-12-15-5-10(25-12)19(21)22/h1-5H,6H2,(H,15,16,20). The van der Waals surface area contributed by atoms with E-state index in [1.54, 1.807) is 24.3 Å². The third-order valence-corrected chi connectivity index (χ3v) is 4.64. The lowest BCUT2D eigenvalue weighted by molar-refractivity contribution is -0.380. The predicted molar refractivity (Wildman–Crippen MR) is 92.9 cm³/mol. The van der Waals surface area contributed by atoms with Gasteiger partial charge in [-0.3, -0.25) is 14.9 Å². The van der Waals surface area contributed by atoms with Gasteiger partial charge in [0.1, 0.15) is 6.20 Å². The third-order valence-electron chi connectivity index (χ3n) is 2.72. The molecule has 9 nitrogen and oxygen atoms in total. The lowest BCUT2D eigenvalue weighted by Crippen LogP contribution is -2.13. The molecule has 0 atom stereocenters. The molecule has 0 aliphatic heterocycles. The van der Waals surface area contributed by atoms with Crippen LogP contribution in [0.4, 0.5) is 10.1 Å². The number of amides is 1. The number of thiazole rings is 1. The van der Waals surface area contributed by atoms with E-state index in [9.17, 15) is 14.9 Å². The summed E-state index contributed by atoms with van der Waals surface area (Å²) in [5.74, 6) is -0.109. The zero-order chi connectivity index (χ0) is 17.8. The maximum atomic E-state index is 11.8. The number of nitrogens with one attached hydrogen (secondary N) is 1. The second-order valence-corrected chi connectivity index (χ2v) is 6.85. The normalized spacial score (nSPS) is 10.6. The summed E-state index contributed by atoms with van der Waals surface area (Å²) in [6.45, 7) is 0. The fourth-order valence-corrected chi connectivity index (χ4v) is 3.10. The van der Waals surface area contributed by atoms with E-state index in [0.29, 0.717) is 16.5 Å². The van der Waals surface area contributed by atoms with Gasteiger partial charge in [0, 0.05) is 10.6 Å². The summed E-state index contributed by atoms with van der Waals surface area (Å²) >= 11 is 7.72. The fourth-order valence-electron chi connectivity index (χ4n) is 1.70. The number of hydrogen-bond acceptors (Lipinski definition) is 9. The van der Waals surface area contributed by atoms with Crippen LogP contribution >= 0.6 is 34.7 Å². The SMILES string of the molecule is O=C(CSc1nnc(-c2cccc(Cl)c2)o1)Nc1ncc([N+](=O)[O-])s1. The van der Waals surface area contributed by atoms with Crippen molar-refractivity contribution < 1.29 is 14.1 Å². The van der Waals surface area contributed by atoms with Crippen molar-refractivity contribution in [2.75, 3.05) is 11.1 Å². The predicted octanol–water partition coefficient (Wildman–Crippen LogP) is 3.49. The van der Waals surface area contributed by atoms with Crippen molar-refractivity contribution in [1.29, 1.82) is 0 Å². The number of carbonyl (C=O) groups excluding carboxylic acids is 1. The Morgan fingerprint density at radius 1 is 1.44 bits per heavy atom. The number of anilines is 1. The van der Waals surface area contributed by atoms with E-state index in [0.717, 1.165) is 29.3 Å². The van der Waals surface area contributed by atoms with Gasteiger partial charge in [0.05, 0.1) is 10.7 Å². The Bertz CT molecular complexity index is 929. The molecular formula is C13H8ClN5O4S2. The number of thioether (sulfide) groups is 1. The van der Waals surface area contributed by atoms with Crippen LogP contribution in [0.3, 0.4) is 0 Å². The first-order chi connectivity index (χ1) is 12.0. The number of carbonyl (C=O) groups is 1. The van der Waals surface area contributed by atoms with E-state index in [-0.39, 0.29) is 21.1 Å². The summed E-state index contributed by atoms with van der Waals surface area (Å²) in [7, 11) is 0. The molecule has 1 N–H and O–H groups in total. The molecule has 25 heavy (non-hydrogen) atoms. The number of nitro groups is 1. The largest absolute Gasteiger partial charge is 0.411 e. The smallest absolute Gasteiger partial charge is 0.345 e. The molecule has 0 bridgehead atoms. The Kier molecular flexibility index (Phi) is 5.26. The molecule has 1 amide bonds. The maximum Gasteiger partial charge on any atom is 0.345 e. The number of rotatable bonds is 6. The molecular weight excluding hydrogens is 390 g/mol. The Balaban J connectivity index is 1.56. The summed E-state index contributed by atoms with van der Waals surface area (Å²) < 4.78 is 5.46. The van der Waals surface area contributed by atoms with Crippen molar-refractivity contribution in [2.45, 2.75) is 5.22 Å². The Morgan fingerprint density at radius 3 is 3.00 bits per heavy atom. The molecule has 3 rings (SSSR count). The van der Waals surface area contributed by atoms with Gasteiger partial charge in [-0.2, -0.15) is 0 Å². The van der Waals surface area contributed by atoms with Crippen LogP contribution in [0.15, 0.2) is 40.1 Å². The van der Waals surface area contributed by atoms with Crippen LogP contribution in [0, 0.1) is 10.1 Å². The minimum absolute atomic E-state index is 0.00937. The van der Waals surface area contributed by atoms with Gasteiger partial charge in [0.15, 0.2) is 5.13 Å².